The maximum Gasteiger partial charge on any atom is 0.408 e. The third-order valence-electron chi connectivity index (χ3n) is 8.63. The number of nitrogens with zero attached hydrogens (tertiary/aromatic N) is 4. The van der Waals surface area contributed by atoms with Gasteiger partial charge in [-0.15, -0.1) is 0 Å². The molecule has 6 rings (SSSR count). The highest BCUT2D eigenvalue weighted by Crippen LogP contribution is 2.45. The quantitative estimate of drug-likeness (QED) is 0.364. The number of benzene rings is 1. The van der Waals surface area contributed by atoms with Crippen molar-refractivity contribution in [3.8, 4) is 0 Å². The molecule has 0 spiro atoms. The molecule has 8 heteroatoms. The summed E-state index contributed by atoms with van der Waals surface area (Å²) >= 11 is 6.69. The van der Waals surface area contributed by atoms with Gasteiger partial charge in [-0.3, -0.25) is 9.88 Å². The Hall–Kier alpha value is -3.16. The summed E-state index contributed by atoms with van der Waals surface area (Å²) in [7, 11) is 1.96. The van der Waals surface area contributed by atoms with Gasteiger partial charge in [-0.25, -0.2) is 9.78 Å². The first kappa shape index (κ1) is 27.0. The first-order valence-electron chi connectivity index (χ1n) is 14.5. The summed E-state index contributed by atoms with van der Waals surface area (Å²) in [6, 6.07) is 9.77. The van der Waals surface area contributed by atoms with Gasteiger partial charge in [-0.1, -0.05) is 43.0 Å². The van der Waals surface area contributed by atoms with E-state index in [-0.39, 0.29) is 11.6 Å². The van der Waals surface area contributed by atoms with E-state index < -0.39 is 12.1 Å². The Bertz CT molecular complexity index is 1420. The summed E-state index contributed by atoms with van der Waals surface area (Å²) in [5.74, 6) is 0. The summed E-state index contributed by atoms with van der Waals surface area (Å²) in [4.78, 5) is 25.5. The minimum absolute atomic E-state index is 0.0130. The molecule has 1 N–H and O–H groups in total. The zero-order valence-corrected chi connectivity index (χ0v) is 24.4. The largest absolute Gasteiger partial charge is 0.443 e. The van der Waals surface area contributed by atoms with Crippen molar-refractivity contribution in [3.05, 3.63) is 81.7 Å². The number of carbonyl (C=O) groups is 1. The van der Waals surface area contributed by atoms with E-state index in [1.54, 1.807) is 6.33 Å². The molecule has 1 amide bonds. The Morgan fingerprint density at radius 3 is 2.58 bits per heavy atom. The van der Waals surface area contributed by atoms with Gasteiger partial charge in [-0.05, 0) is 99.2 Å². The van der Waals surface area contributed by atoms with E-state index in [1.165, 1.54) is 32.1 Å². The molecule has 1 saturated carbocycles. The predicted molar refractivity (Wildman–Crippen MR) is 158 cm³/mol. The molecule has 3 aliphatic rings. The fraction of sp³-hybridized carbons (Fsp3) is 0.469. The number of alkyl carbamates (subject to hydrolysis) is 1. The van der Waals surface area contributed by atoms with Crippen LogP contribution in [0.15, 0.2) is 42.9 Å². The van der Waals surface area contributed by atoms with E-state index >= 15 is 0 Å². The second-order valence-electron chi connectivity index (χ2n) is 11.8. The average molecular weight is 560 g/mol. The Morgan fingerprint density at radius 1 is 1.12 bits per heavy atom. The second kappa shape index (κ2) is 11.0. The van der Waals surface area contributed by atoms with E-state index in [2.05, 4.69) is 33.4 Å². The Morgan fingerprint density at radius 2 is 1.88 bits per heavy atom. The highest BCUT2D eigenvalue weighted by Gasteiger charge is 2.43. The number of aryl methyl sites for hydroxylation is 2. The molecule has 2 aliphatic carbocycles. The Kier molecular flexibility index (Phi) is 7.44. The van der Waals surface area contributed by atoms with Gasteiger partial charge in [0.15, 0.2) is 0 Å². The van der Waals surface area contributed by atoms with Crippen LogP contribution >= 0.6 is 11.6 Å². The van der Waals surface area contributed by atoms with Crippen LogP contribution in [0.1, 0.15) is 97.7 Å². The lowest BCUT2D eigenvalue weighted by molar-refractivity contribution is 0.0917. The number of hydrogen-bond donors (Lipinski definition) is 1. The number of pyridine rings is 1. The lowest BCUT2D eigenvalue weighted by Gasteiger charge is -2.34. The van der Waals surface area contributed by atoms with Crippen LogP contribution in [0.4, 0.5) is 4.79 Å². The molecule has 1 aliphatic heterocycles. The molecule has 2 fully saturated rings. The minimum atomic E-state index is -0.501. The monoisotopic (exact) mass is 559 g/mol. The lowest BCUT2D eigenvalue weighted by atomic mass is 9.89. The summed E-state index contributed by atoms with van der Waals surface area (Å²) in [5, 5.41) is 3.89. The Balaban J connectivity index is 1.52. The van der Waals surface area contributed by atoms with Gasteiger partial charge in [-0.2, -0.15) is 0 Å². The maximum absolute atomic E-state index is 13.3. The second-order valence-corrected chi connectivity index (χ2v) is 12.2. The zero-order valence-electron chi connectivity index (χ0n) is 23.6. The van der Waals surface area contributed by atoms with Crippen LogP contribution in [0.25, 0.3) is 11.6 Å². The minimum Gasteiger partial charge on any atom is -0.443 e. The molecule has 2 atom stereocenters. The molecule has 2 aromatic heterocycles. The molecule has 0 unspecified atom stereocenters. The van der Waals surface area contributed by atoms with Gasteiger partial charge in [0, 0.05) is 18.3 Å². The smallest absolute Gasteiger partial charge is 0.408 e. The van der Waals surface area contributed by atoms with Gasteiger partial charge in [0.1, 0.15) is 11.6 Å². The number of hydrogen-bond acceptors (Lipinski definition) is 5. The van der Waals surface area contributed by atoms with Crippen LogP contribution in [0, 0.1) is 6.92 Å². The Labute approximate surface area is 241 Å². The molecular formula is C32H38ClN5O2. The van der Waals surface area contributed by atoms with Crippen LogP contribution in [-0.4, -0.2) is 44.2 Å². The SMILES string of the molecule is Cc1ncn(C)c1[C@H](NC(=O)OC1(C)CC1)C1=Cc2cccnc2[C@@H](N2CCCCCCC2)c2ccc(Cl)cc21. The molecule has 7 nitrogen and oxygen atoms in total. The number of aromatic nitrogens is 3. The molecule has 1 aromatic carbocycles. The number of nitrogens with one attached hydrogen (secondary N) is 1. The van der Waals surface area contributed by atoms with Crippen LogP contribution in [0.3, 0.4) is 0 Å². The summed E-state index contributed by atoms with van der Waals surface area (Å²) < 4.78 is 7.83. The van der Waals surface area contributed by atoms with Gasteiger partial charge in [0.2, 0.25) is 0 Å². The molecule has 3 heterocycles. The van der Waals surface area contributed by atoms with Crippen LogP contribution in [0.5, 0.6) is 0 Å². The van der Waals surface area contributed by atoms with Crippen molar-refractivity contribution in [2.45, 2.75) is 76.5 Å². The zero-order chi connectivity index (χ0) is 27.9. The highest BCUT2D eigenvalue weighted by molar-refractivity contribution is 6.30. The molecule has 3 aromatic rings. The molecule has 210 valence electrons. The van der Waals surface area contributed by atoms with Crippen molar-refractivity contribution < 1.29 is 9.53 Å². The molecule has 1 saturated heterocycles. The third-order valence-corrected chi connectivity index (χ3v) is 8.87. The van der Waals surface area contributed by atoms with E-state index in [4.69, 9.17) is 21.3 Å². The van der Waals surface area contributed by atoms with Gasteiger partial charge in [0.05, 0.1) is 29.5 Å². The van der Waals surface area contributed by atoms with Crippen molar-refractivity contribution in [3.63, 3.8) is 0 Å². The molecule has 40 heavy (non-hydrogen) atoms. The molecule has 0 bridgehead atoms. The predicted octanol–water partition coefficient (Wildman–Crippen LogP) is 7.01. The van der Waals surface area contributed by atoms with E-state index in [0.717, 1.165) is 65.3 Å². The third kappa shape index (κ3) is 5.41. The number of rotatable bonds is 5. The standard InChI is InChI=1S/C32H38ClN5O2/c1-21-29(37(3)20-35-21)28(36-31(39)40-32(2)13-14-32)26-18-22-10-9-15-34-27(22)30(24-12-11-23(33)19-25(24)26)38-16-7-5-4-6-8-17-38/h9-12,15,18-20,28,30H,4-8,13-14,16-17H2,1-3H3,(H,36,39)/t28-,30+/m1/s1. The lowest BCUT2D eigenvalue weighted by Crippen LogP contribution is -2.35. The summed E-state index contributed by atoms with van der Waals surface area (Å²) in [6.07, 6.45) is 13.3. The van der Waals surface area contributed by atoms with Crippen LogP contribution in [0.2, 0.25) is 5.02 Å². The fourth-order valence-electron chi connectivity index (χ4n) is 6.24. The number of fused-ring (bicyclic) bond motifs is 2. The van der Waals surface area contributed by atoms with Crippen molar-refractivity contribution in [2.24, 2.45) is 7.05 Å². The highest BCUT2D eigenvalue weighted by atomic mass is 35.5. The van der Waals surface area contributed by atoms with Crippen molar-refractivity contribution in [1.29, 1.82) is 0 Å². The van der Waals surface area contributed by atoms with Crippen LogP contribution in [-0.2, 0) is 11.8 Å². The van der Waals surface area contributed by atoms with Gasteiger partial charge in [0.25, 0.3) is 0 Å². The number of halogens is 1. The summed E-state index contributed by atoms with van der Waals surface area (Å²) in [6.45, 7) is 6.00. The number of imidazole rings is 1. The van der Waals surface area contributed by atoms with E-state index in [9.17, 15) is 4.79 Å². The van der Waals surface area contributed by atoms with Crippen molar-refractivity contribution in [1.82, 2.24) is 24.8 Å². The normalized spacial score (nSPS) is 21.1. The first-order chi connectivity index (χ1) is 19.3. The van der Waals surface area contributed by atoms with Crippen molar-refractivity contribution in [2.75, 3.05) is 13.1 Å². The maximum atomic E-state index is 13.3. The summed E-state index contributed by atoms with van der Waals surface area (Å²) in [5.41, 5.74) is 6.58. The number of amides is 1. The number of ether oxygens (including phenoxy) is 1. The van der Waals surface area contributed by atoms with E-state index in [0.29, 0.717) is 5.02 Å². The van der Waals surface area contributed by atoms with Gasteiger partial charge >= 0.3 is 6.09 Å². The van der Waals surface area contributed by atoms with Crippen molar-refractivity contribution >= 4 is 29.3 Å². The number of carbonyl (C=O) groups excluding carboxylic acids is 1. The topological polar surface area (TPSA) is 72.3 Å². The van der Waals surface area contributed by atoms with Gasteiger partial charge < -0.3 is 14.6 Å². The average Bonchev–Trinajstić information content (AvgIpc) is 3.57. The first-order valence-corrected chi connectivity index (χ1v) is 14.9. The van der Waals surface area contributed by atoms with Crippen LogP contribution < -0.4 is 5.32 Å². The number of likely N-dealkylation sites (tertiary alicyclic amines) is 1. The fourth-order valence-corrected chi connectivity index (χ4v) is 6.41. The molecule has 0 radical (unpaired) electrons. The van der Waals surface area contributed by atoms with E-state index in [1.807, 2.05) is 49.9 Å². The molecular weight excluding hydrogens is 522 g/mol.